The van der Waals surface area contributed by atoms with Crippen molar-refractivity contribution in [3.63, 3.8) is 0 Å². The quantitative estimate of drug-likeness (QED) is 0.743. The minimum atomic E-state index is -0.482. The van der Waals surface area contributed by atoms with E-state index >= 15 is 0 Å². The summed E-state index contributed by atoms with van der Waals surface area (Å²) in [5.74, 6) is 0. The molecule has 2 aromatic carbocycles. The van der Waals surface area contributed by atoms with Crippen LogP contribution in [0.4, 0.5) is 0 Å². The summed E-state index contributed by atoms with van der Waals surface area (Å²) in [6.07, 6.45) is 5.76. The van der Waals surface area contributed by atoms with Gasteiger partial charge in [0.25, 0.3) is 0 Å². The zero-order chi connectivity index (χ0) is 16.2. The number of likely N-dealkylation sites (N-methyl/N-ethyl adjacent to an activating group) is 1. The highest BCUT2D eigenvalue weighted by atomic mass is 31.1. The first-order valence-corrected chi connectivity index (χ1v) is 9.49. The van der Waals surface area contributed by atoms with E-state index in [1.54, 1.807) is 5.57 Å². The molecule has 1 aliphatic carbocycles. The van der Waals surface area contributed by atoms with Crippen LogP contribution in [-0.4, -0.2) is 25.0 Å². The van der Waals surface area contributed by atoms with E-state index in [0.29, 0.717) is 6.04 Å². The lowest BCUT2D eigenvalue weighted by atomic mass is 10.1. The fourth-order valence-electron chi connectivity index (χ4n) is 3.00. The zero-order valence-corrected chi connectivity index (χ0v) is 15.0. The van der Waals surface area contributed by atoms with Crippen LogP contribution in [0.3, 0.4) is 0 Å². The molecule has 0 fully saturated rings. The molecule has 0 aromatic heterocycles. The molecular weight excluding hydrogens is 297 g/mol. The molecule has 0 amide bonds. The summed E-state index contributed by atoms with van der Waals surface area (Å²) in [5, 5.41) is 4.39. The van der Waals surface area contributed by atoms with Crippen molar-refractivity contribution in [2.75, 3.05) is 14.1 Å². The molecule has 0 spiro atoms. The van der Waals surface area contributed by atoms with Crippen LogP contribution in [0, 0.1) is 0 Å². The molecule has 0 heterocycles. The maximum absolute atomic E-state index is 2.36. The average molecular weight is 321 g/mol. The number of hydrogen-bond acceptors (Lipinski definition) is 1. The van der Waals surface area contributed by atoms with E-state index in [-0.39, 0.29) is 0 Å². The van der Waals surface area contributed by atoms with Gasteiger partial charge in [0.05, 0.1) is 0 Å². The van der Waals surface area contributed by atoms with Crippen molar-refractivity contribution in [1.29, 1.82) is 0 Å². The molecule has 23 heavy (non-hydrogen) atoms. The van der Waals surface area contributed by atoms with Crippen molar-refractivity contribution in [2.45, 2.75) is 19.4 Å². The second-order valence-corrected chi connectivity index (χ2v) is 8.35. The number of allylic oxidation sites excluding steroid dienone is 3. The van der Waals surface area contributed by atoms with Crippen molar-refractivity contribution >= 4 is 18.5 Å². The lowest BCUT2D eigenvalue weighted by Crippen LogP contribution is -2.27. The van der Waals surface area contributed by atoms with Crippen LogP contribution in [0.15, 0.2) is 83.7 Å². The van der Waals surface area contributed by atoms with Gasteiger partial charge in [0, 0.05) is 6.04 Å². The Morgan fingerprint density at radius 3 is 1.87 bits per heavy atom. The molecule has 2 heteroatoms. The maximum Gasteiger partial charge on any atom is 0.0285 e. The predicted molar refractivity (Wildman–Crippen MR) is 103 cm³/mol. The van der Waals surface area contributed by atoms with E-state index < -0.39 is 7.92 Å². The minimum Gasteiger partial charge on any atom is -0.303 e. The van der Waals surface area contributed by atoms with Gasteiger partial charge in [0.1, 0.15) is 0 Å². The first-order chi connectivity index (χ1) is 11.2. The van der Waals surface area contributed by atoms with Crippen LogP contribution in [0.1, 0.15) is 13.3 Å². The van der Waals surface area contributed by atoms with E-state index in [9.17, 15) is 0 Å². The van der Waals surface area contributed by atoms with Gasteiger partial charge in [-0.2, -0.15) is 0 Å². The summed E-state index contributed by atoms with van der Waals surface area (Å²) in [6.45, 7) is 2.31. The molecule has 0 saturated heterocycles. The Morgan fingerprint density at radius 1 is 0.870 bits per heavy atom. The Hall–Kier alpha value is -1.69. The summed E-state index contributed by atoms with van der Waals surface area (Å²) in [5.41, 5.74) is 1.56. The highest BCUT2D eigenvalue weighted by Gasteiger charge is 2.25. The van der Waals surface area contributed by atoms with Gasteiger partial charge in [-0.15, -0.1) is 0 Å². The number of rotatable bonds is 5. The Kier molecular flexibility index (Phi) is 5.10. The lowest BCUT2D eigenvalue weighted by Gasteiger charge is -2.27. The van der Waals surface area contributed by atoms with Gasteiger partial charge in [-0.25, -0.2) is 0 Å². The second-order valence-electron chi connectivity index (χ2n) is 6.16. The number of hydrogen-bond donors (Lipinski definition) is 0. The standard InChI is InChI=1S/C21H24NP/c1-17(22(2)3)20-15-10-16-21(20)23(18-11-6-4-7-12-18)19-13-8-5-9-14-19/h4-14,16-17H,15H2,1-3H3. The van der Waals surface area contributed by atoms with Gasteiger partial charge in [-0.1, -0.05) is 72.8 Å². The number of benzene rings is 2. The topological polar surface area (TPSA) is 3.24 Å². The van der Waals surface area contributed by atoms with E-state index in [0.717, 1.165) is 6.42 Å². The molecule has 1 unspecified atom stereocenters. The van der Waals surface area contributed by atoms with Crippen LogP contribution in [0.5, 0.6) is 0 Å². The fourth-order valence-corrected chi connectivity index (χ4v) is 5.62. The minimum absolute atomic E-state index is 0.470. The van der Waals surface area contributed by atoms with Crippen molar-refractivity contribution in [3.05, 3.63) is 83.7 Å². The molecular formula is C21H24NP. The third-order valence-corrected chi connectivity index (χ3v) is 7.04. The molecule has 118 valence electrons. The molecule has 1 nitrogen and oxygen atoms in total. The van der Waals surface area contributed by atoms with E-state index in [1.165, 1.54) is 15.9 Å². The van der Waals surface area contributed by atoms with Gasteiger partial charge >= 0.3 is 0 Å². The maximum atomic E-state index is 2.36. The third-order valence-electron chi connectivity index (χ3n) is 4.49. The molecule has 0 radical (unpaired) electrons. The molecule has 2 aromatic rings. The Bertz CT molecular complexity index is 662. The zero-order valence-electron chi connectivity index (χ0n) is 14.1. The van der Waals surface area contributed by atoms with E-state index in [2.05, 4.69) is 98.7 Å². The lowest BCUT2D eigenvalue weighted by molar-refractivity contribution is 0.348. The normalized spacial score (nSPS) is 15.7. The Balaban J connectivity index is 2.12. The molecule has 1 aliphatic rings. The van der Waals surface area contributed by atoms with Crippen LogP contribution in [0.25, 0.3) is 0 Å². The second kappa shape index (κ2) is 7.25. The molecule has 0 N–H and O–H groups in total. The van der Waals surface area contributed by atoms with Crippen LogP contribution >= 0.6 is 7.92 Å². The van der Waals surface area contributed by atoms with Crippen molar-refractivity contribution in [3.8, 4) is 0 Å². The highest BCUT2D eigenvalue weighted by molar-refractivity contribution is 7.77. The Labute approximate surface area is 141 Å². The summed E-state index contributed by atoms with van der Waals surface area (Å²) in [7, 11) is 3.85. The molecule has 0 aliphatic heterocycles. The summed E-state index contributed by atoms with van der Waals surface area (Å²) in [4.78, 5) is 2.31. The molecule has 3 rings (SSSR count). The van der Waals surface area contributed by atoms with Gasteiger partial charge in [-0.05, 0) is 56.9 Å². The van der Waals surface area contributed by atoms with Crippen molar-refractivity contribution in [2.24, 2.45) is 0 Å². The predicted octanol–water partition coefficient (Wildman–Crippen LogP) is 4.28. The van der Waals surface area contributed by atoms with Crippen LogP contribution < -0.4 is 10.6 Å². The Morgan fingerprint density at radius 2 is 1.39 bits per heavy atom. The monoisotopic (exact) mass is 321 g/mol. The molecule has 1 atom stereocenters. The average Bonchev–Trinajstić information content (AvgIpc) is 3.05. The fraction of sp³-hybridized carbons (Fsp3) is 0.238. The first kappa shape index (κ1) is 16.2. The van der Waals surface area contributed by atoms with Crippen molar-refractivity contribution < 1.29 is 0 Å². The SMILES string of the molecule is CC(C1=C(P(c2ccccc2)c2ccccc2)C=CC1)N(C)C. The summed E-state index contributed by atoms with van der Waals surface area (Å²) in [6, 6.07) is 22.4. The summed E-state index contributed by atoms with van der Waals surface area (Å²) >= 11 is 0. The smallest absolute Gasteiger partial charge is 0.0285 e. The van der Waals surface area contributed by atoms with E-state index in [4.69, 9.17) is 0 Å². The summed E-state index contributed by atoms with van der Waals surface area (Å²) < 4.78 is 0. The van der Waals surface area contributed by atoms with Gasteiger partial charge in [-0.3, -0.25) is 0 Å². The van der Waals surface area contributed by atoms with Gasteiger partial charge in [0.15, 0.2) is 0 Å². The van der Waals surface area contributed by atoms with Crippen LogP contribution in [-0.2, 0) is 0 Å². The number of nitrogens with zero attached hydrogens (tertiary/aromatic N) is 1. The molecule has 0 bridgehead atoms. The van der Waals surface area contributed by atoms with Crippen LogP contribution in [0.2, 0.25) is 0 Å². The van der Waals surface area contributed by atoms with Gasteiger partial charge in [0.2, 0.25) is 0 Å². The largest absolute Gasteiger partial charge is 0.303 e. The third kappa shape index (κ3) is 3.47. The molecule has 0 saturated carbocycles. The van der Waals surface area contributed by atoms with Crippen molar-refractivity contribution in [1.82, 2.24) is 4.90 Å². The van der Waals surface area contributed by atoms with E-state index in [1.807, 2.05) is 0 Å². The highest BCUT2D eigenvalue weighted by Crippen LogP contribution is 2.48. The first-order valence-electron chi connectivity index (χ1n) is 8.14. The van der Waals surface area contributed by atoms with Gasteiger partial charge < -0.3 is 4.90 Å².